The number of nitrogens with zero attached hydrogens (tertiary/aromatic N) is 6. The van der Waals surface area contributed by atoms with Crippen molar-refractivity contribution >= 4 is 40.1 Å². The highest BCUT2D eigenvalue weighted by Crippen LogP contribution is 2.46. The van der Waals surface area contributed by atoms with E-state index in [0.29, 0.717) is 41.8 Å². The average molecular weight is 819 g/mol. The van der Waals surface area contributed by atoms with Crippen LogP contribution in [0.1, 0.15) is 65.1 Å². The Morgan fingerprint density at radius 1 is 0.950 bits per heavy atom. The first-order chi connectivity index (χ1) is 29.0. The molecule has 0 bridgehead atoms. The van der Waals surface area contributed by atoms with Crippen LogP contribution in [-0.2, 0) is 22.7 Å². The minimum atomic E-state index is -2.73. The Bertz CT molecular complexity index is 2570. The molecule has 5 aliphatic heterocycles. The molecule has 0 saturated carbocycles. The molecule has 60 heavy (non-hydrogen) atoms. The summed E-state index contributed by atoms with van der Waals surface area (Å²) < 4.78 is 50.3. The van der Waals surface area contributed by atoms with Gasteiger partial charge in [0.25, 0.3) is 12.3 Å². The van der Waals surface area contributed by atoms with E-state index in [1.165, 1.54) is 18.2 Å². The van der Waals surface area contributed by atoms with Crippen LogP contribution in [0.4, 0.5) is 24.7 Å². The molecule has 3 fully saturated rings. The van der Waals surface area contributed by atoms with Gasteiger partial charge in [-0.05, 0) is 97.4 Å². The van der Waals surface area contributed by atoms with Crippen molar-refractivity contribution in [3.05, 3.63) is 101 Å². The number of hydrogen-bond donors (Lipinski definition) is 3. The molecule has 3 N–H and O–H groups in total. The first kappa shape index (κ1) is 37.9. The van der Waals surface area contributed by atoms with Gasteiger partial charge in [0.2, 0.25) is 17.7 Å². The van der Waals surface area contributed by atoms with Gasteiger partial charge in [-0.2, -0.15) is 0 Å². The van der Waals surface area contributed by atoms with Gasteiger partial charge in [0.15, 0.2) is 17.4 Å². The fourth-order valence-electron chi connectivity index (χ4n) is 9.63. The number of aromatic hydroxyl groups is 1. The lowest BCUT2D eigenvalue weighted by molar-refractivity contribution is -0.136. The lowest BCUT2D eigenvalue weighted by Crippen LogP contribution is -2.57. The summed E-state index contributed by atoms with van der Waals surface area (Å²) in [6, 6.07) is 20.8. The molecular formula is C44H41F3N8O5. The number of amides is 3. The summed E-state index contributed by atoms with van der Waals surface area (Å²) in [5.74, 6) is -1.33. The summed E-state index contributed by atoms with van der Waals surface area (Å²) in [5, 5.41) is 24.9. The van der Waals surface area contributed by atoms with Gasteiger partial charge in [-0.3, -0.25) is 24.6 Å². The molecule has 308 valence electrons. The zero-order chi connectivity index (χ0) is 41.3. The van der Waals surface area contributed by atoms with Crippen LogP contribution in [0, 0.1) is 5.82 Å². The highest BCUT2D eigenvalue weighted by atomic mass is 19.3. The van der Waals surface area contributed by atoms with Crippen LogP contribution in [-0.4, -0.2) is 98.1 Å². The quantitative estimate of drug-likeness (QED) is 0.164. The van der Waals surface area contributed by atoms with Gasteiger partial charge >= 0.3 is 0 Å². The predicted octanol–water partition coefficient (Wildman–Crippen LogP) is 5.76. The highest BCUT2D eigenvalue weighted by molar-refractivity contribution is 6.05. The Labute approximate surface area is 342 Å². The molecule has 10 rings (SSSR count). The number of phenolic OH excluding ortho intramolecular Hbond substituents is 1. The number of phenols is 1. The maximum Gasteiger partial charge on any atom is 0.263 e. The Kier molecular flexibility index (Phi) is 9.34. The number of aromatic nitrogens is 3. The van der Waals surface area contributed by atoms with E-state index in [2.05, 4.69) is 37.9 Å². The molecule has 3 aromatic carbocycles. The second-order valence-corrected chi connectivity index (χ2v) is 16.5. The molecule has 5 aromatic rings. The number of fused-ring (bicyclic) bond motifs is 5. The first-order valence-corrected chi connectivity index (χ1v) is 20.2. The van der Waals surface area contributed by atoms with Crippen molar-refractivity contribution in [3.8, 4) is 22.9 Å². The molecule has 0 spiro atoms. The largest absolute Gasteiger partial charge is 0.504 e. The van der Waals surface area contributed by atoms with Crippen molar-refractivity contribution in [2.45, 2.75) is 75.2 Å². The van der Waals surface area contributed by atoms with Gasteiger partial charge in [-0.25, -0.2) is 18.2 Å². The number of alkyl halides is 2. The number of hydrogen-bond acceptors (Lipinski definition) is 11. The highest BCUT2D eigenvalue weighted by Gasteiger charge is 2.56. The normalized spacial score (nSPS) is 23.1. The molecule has 5 aliphatic rings. The van der Waals surface area contributed by atoms with Crippen LogP contribution in [0.5, 0.6) is 11.6 Å². The van der Waals surface area contributed by atoms with Gasteiger partial charge in [0.05, 0.1) is 23.4 Å². The van der Waals surface area contributed by atoms with E-state index in [1.54, 1.807) is 15.9 Å². The van der Waals surface area contributed by atoms with Crippen molar-refractivity contribution in [2.75, 3.05) is 36.4 Å². The molecule has 7 heterocycles. The summed E-state index contributed by atoms with van der Waals surface area (Å²) >= 11 is 0. The van der Waals surface area contributed by atoms with E-state index < -0.39 is 41.6 Å². The fraction of sp³-hybridized carbons (Fsp3) is 0.364. The smallest absolute Gasteiger partial charge is 0.263 e. The number of carbonyl (C=O) groups excluding carboxylic acids is 3. The van der Waals surface area contributed by atoms with E-state index >= 15 is 0 Å². The fourth-order valence-corrected chi connectivity index (χ4v) is 9.63. The number of rotatable bonds is 8. The topological polar surface area (TPSA) is 153 Å². The van der Waals surface area contributed by atoms with E-state index in [9.17, 15) is 32.7 Å². The van der Waals surface area contributed by atoms with Gasteiger partial charge < -0.3 is 25.0 Å². The van der Waals surface area contributed by atoms with E-state index in [4.69, 9.17) is 9.72 Å². The third kappa shape index (κ3) is 6.62. The number of nitrogens with one attached hydrogen (secondary N) is 2. The van der Waals surface area contributed by atoms with Crippen molar-refractivity contribution in [2.24, 2.45) is 0 Å². The summed E-state index contributed by atoms with van der Waals surface area (Å²) in [5.41, 5.74) is 3.57. The molecule has 0 radical (unpaired) electrons. The van der Waals surface area contributed by atoms with Gasteiger partial charge in [0.1, 0.15) is 17.7 Å². The Balaban J connectivity index is 0.775. The molecule has 0 aliphatic carbocycles. The number of ether oxygens (including phenoxy) is 1. The summed E-state index contributed by atoms with van der Waals surface area (Å²) in [7, 11) is 0. The Hall–Kier alpha value is -6.29. The Morgan fingerprint density at radius 2 is 1.80 bits per heavy atom. The number of pyridine rings is 1. The molecule has 13 nitrogen and oxygen atoms in total. The Morgan fingerprint density at radius 3 is 2.62 bits per heavy atom. The zero-order valence-corrected chi connectivity index (χ0v) is 32.4. The zero-order valence-electron chi connectivity index (χ0n) is 32.4. The third-order valence-electron chi connectivity index (χ3n) is 12.8. The molecule has 3 amide bonds. The van der Waals surface area contributed by atoms with Gasteiger partial charge in [0, 0.05) is 55.1 Å². The summed E-state index contributed by atoms with van der Waals surface area (Å²) in [4.78, 5) is 47.8. The van der Waals surface area contributed by atoms with Crippen molar-refractivity contribution in [1.82, 2.24) is 30.3 Å². The van der Waals surface area contributed by atoms with Crippen LogP contribution in [0.15, 0.2) is 72.8 Å². The van der Waals surface area contributed by atoms with Crippen LogP contribution in [0.3, 0.4) is 0 Å². The molecule has 3 atom stereocenters. The SMILES string of the molecule is O=C1CC[C@H](N2Cc3ccc(C4CCN(Cc5ccc6nc(O[C@H]7CN8c9cc(-c%10cccc(F)c%10O)nnc9NC[C@@]8(C(F)F)C7)ccc6c5)CC4)cc3C2=O)C(=O)N1. The number of imide groups is 1. The summed E-state index contributed by atoms with van der Waals surface area (Å²) in [6.07, 6.45) is -0.884. The number of para-hydroxylation sites is 1. The molecule has 16 heteroatoms. The lowest BCUT2D eigenvalue weighted by atomic mass is 9.87. The minimum Gasteiger partial charge on any atom is -0.504 e. The molecular weight excluding hydrogens is 778 g/mol. The summed E-state index contributed by atoms with van der Waals surface area (Å²) in [6.45, 7) is 2.96. The van der Waals surface area contributed by atoms with Crippen LogP contribution >= 0.6 is 0 Å². The first-order valence-electron chi connectivity index (χ1n) is 20.2. The van der Waals surface area contributed by atoms with Gasteiger partial charge in [-0.1, -0.05) is 24.3 Å². The molecule has 0 unspecified atom stereocenters. The molecule has 3 saturated heterocycles. The van der Waals surface area contributed by atoms with Crippen LogP contribution < -0.4 is 20.3 Å². The van der Waals surface area contributed by atoms with Crippen molar-refractivity contribution in [3.63, 3.8) is 0 Å². The number of benzene rings is 3. The number of piperidine rings is 2. The van der Waals surface area contributed by atoms with Crippen LogP contribution in [0.25, 0.3) is 22.2 Å². The minimum absolute atomic E-state index is 0.0169. The second-order valence-electron chi connectivity index (χ2n) is 16.5. The van der Waals surface area contributed by atoms with Gasteiger partial charge in [-0.15, -0.1) is 10.2 Å². The number of likely N-dealkylation sites (tertiary alicyclic amines) is 1. The maximum absolute atomic E-state index is 15.0. The van der Waals surface area contributed by atoms with Crippen molar-refractivity contribution < 1.29 is 37.4 Å². The van der Waals surface area contributed by atoms with Crippen molar-refractivity contribution in [1.29, 1.82) is 0 Å². The monoisotopic (exact) mass is 818 g/mol. The van der Waals surface area contributed by atoms with Crippen LogP contribution in [0.2, 0.25) is 0 Å². The van der Waals surface area contributed by atoms with E-state index in [1.807, 2.05) is 30.3 Å². The number of carbonyl (C=O) groups is 3. The third-order valence-corrected chi connectivity index (χ3v) is 12.8. The van der Waals surface area contributed by atoms with E-state index in [0.717, 1.165) is 66.1 Å². The molecule has 2 aromatic heterocycles. The lowest BCUT2D eigenvalue weighted by Gasteiger charge is -2.43. The maximum atomic E-state index is 15.0. The number of anilines is 2. The predicted molar refractivity (Wildman–Crippen MR) is 214 cm³/mol. The second kappa shape index (κ2) is 14.8. The average Bonchev–Trinajstić information content (AvgIpc) is 3.79. The number of halogens is 3. The standard InChI is InChI=1S/C44H41F3N8O5/c45-32-3-1-2-30(39(32)57)34-18-36-40(52-51-34)48-23-44(43(46)47)19-29(22-55(36)44)60-38-11-7-27-16-24(4-8-33(27)49-38)20-53-14-12-25(13-15-53)26-5-6-28-21-54(42(59)31(28)17-26)35-9-10-37(56)50-41(35)58/h1-8,11,16-18,25,29,35,43,57H,9-10,12-15,19-23H2,(H,48,52)(H,50,56,58)/t29-,35+,44-/m1/s1. The van der Waals surface area contributed by atoms with E-state index in [-0.39, 0.29) is 49.0 Å².